The Morgan fingerprint density at radius 1 is 1.12 bits per heavy atom. The van der Waals surface area contributed by atoms with E-state index in [4.69, 9.17) is 25.6 Å². The Morgan fingerprint density at radius 2 is 2.00 bits per heavy atom. The second-order valence-electron chi connectivity index (χ2n) is 7.91. The number of halogens is 1. The standard InChI is InChI=1S/C25H27ClN2O4/c26-21-9-4-6-19(12-21)14-28(15-22(29)17-30-18-23-10-5-11-31-23)16-24-13-25(27-32-24)20-7-2-1-3-8-20/h1-12,22,24,29H,13-18H2/t22-,24-/m0/s1. The molecule has 0 spiro atoms. The maximum atomic E-state index is 10.6. The predicted molar refractivity (Wildman–Crippen MR) is 124 cm³/mol. The minimum atomic E-state index is -0.653. The molecular weight excluding hydrogens is 428 g/mol. The molecule has 1 aliphatic heterocycles. The summed E-state index contributed by atoms with van der Waals surface area (Å²) in [5, 5.41) is 15.6. The average Bonchev–Trinajstić information content (AvgIpc) is 3.47. The van der Waals surface area contributed by atoms with Gasteiger partial charge in [0.1, 0.15) is 18.5 Å². The van der Waals surface area contributed by atoms with E-state index in [1.165, 1.54) is 0 Å². The van der Waals surface area contributed by atoms with Crippen molar-refractivity contribution in [1.82, 2.24) is 4.90 Å². The molecule has 7 heteroatoms. The first kappa shape index (κ1) is 22.6. The van der Waals surface area contributed by atoms with E-state index >= 15 is 0 Å². The number of aliphatic hydroxyl groups is 1. The van der Waals surface area contributed by atoms with Gasteiger partial charge < -0.3 is 19.1 Å². The third kappa shape index (κ3) is 6.68. The molecule has 0 fully saturated rings. The normalized spacial score (nSPS) is 16.7. The zero-order chi connectivity index (χ0) is 22.2. The van der Waals surface area contributed by atoms with Crippen molar-refractivity contribution in [3.63, 3.8) is 0 Å². The highest BCUT2D eigenvalue weighted by Crippen LogP contribution is 2.19. The Morgan fingerprint density at radius 3 is 2.78 bits per heavy atom. The highest BCUT2D eigenvalue weighted by molar-refractivity contribution is 6.30. The first-order valence-electron chi connectivity index (χ1n) is 10.7. The fourth-order valence-corrected chi connectivity index (χ4v) is 3.97. The summed E-state index contributed by atoms with van der Waals surface area (Å²) < 4.78 is 10.9. The van der Waals surface area contributed by atoms with Gasteiger partial charge in [0.2, 0.25) is 0 Å². The van der Waals surface area contributed by atoms with Gasteiger partial charge in [0.25, 0.3) is 0 Å². The monoisotopic (exact) mass is 454 g/mol. The number of hydrogen-bond acceptors (Lipinski definition) is 6. The van der Waals surface area contributed by atoms with Crippen molar-refractivity contribution in [2.45, 2.75) is 31.8 Å². The van der Waals surface area contributed by atoms with Gasteiger partial charge in [0.15, 0.2) is 0 Å². The summed E-state index contributed by atoms with van der Waals surface area (Å²) in [4.78, 5) is 7.87. The van der Waals surface area contributed by atoms with Crippen LogP contribution in [0.15, 0.2) is 82.6 Å². The molecule has 3 aromatic rings. The lowest BCUT2D eigenvalue weighted by Gasteiger charge is -2.27. The van der Waals surface area contributed by atoms with Gasteiger partial charge >= 0.3 is 0 Å². The SMILES string of the molecule is O[C@H](COCc1ccco1)CN(Cc1cccc(Cl)c1)C[C@@H]1CC(c2ccccc2)=NO1. The van der Waals surface area contributed by atoms with Crippen molar-refractivity contribution in [1.29, 1.82) is 0 Å². The molecule has 6 nitrogen and oxygen atoms in total. The van der Waals surface area contributed by atoms with Crippen molar-refractivity contribution in [2.24, 2.45) is 5.16 Å². The third-order valence-electron chi connectivity index (χ3n) is 5.20. The van der Waals surface area contributed by atoms with Crippen LogP contribution in [0.1, 0.15) is 23.3 Å². The predicted octanol–water partition coefficient (Wildman–Crippen LogP) is 4.51. The van der Waals surface area contributed by atoms with Crippen LogP contribution in [0, 0.1) is 0 Å². The molecule has 0 saturated heterocycles. The molecule has 1 aliphatic rings. The Hall–Kier alpha value is -2.64. The minimum Gasteiger partial charge on any atom is -0.467 e. The number of furan rings is 1. The molecule has 4 rings (SSSR count). The lowest BCUT2D eigenvalue weighted by Crippen LogP contribution is -2.39. The zero-order valence-electron chi connectivity index (χ0n) is 17.8. The molecule has 1 aromatic heterocycles. The van der Waals surface area contributed by atoms with E-state index < -0.39 is 6.10 Å². The molecule has 2 heterocycles. The van der Waals surface area contributed by atoms with Crippen LogP contribution in [-0.2, 0) is 22.7 Å². The minimum absolute atomic E-state index is 0.0828. The quantitative estimate of drug-likeness (QED) is 0.462. The van der Waals surface area contributed by atoms with E-state index in [0.717, 1.165) is 29.0 Å². The van der Waals surface area contributed by atoms with Crippen molar-refractivity contribution >= 4 is 17.3 Å². The van der Waals surface area contributed by atoms with Crippen LogP contribution in [0.3, 0.4) is 0 Å². The molecule has 0 saturated carbocycles. The number of nitrogens with zero attached hydrogens (tertiary/aromatic N) is 2. The van der Waals surface area contributed by atoms with Crippen molar-refractivity contribution in [3.8, 4) is 0 Å². The van der Waals surface area contributed by atoms with Crippen molar-refractivity contribution in [3.05, 3.63) is 94.9 Å². The van der Waals surface area contributed by atoms with E-state index in [0.29, 0.717) is 31.3 Å². The number of oxime groups is 1. The first-order valence-corrected chi connectivity index (χ1v) is 11.1. The van der Waals surface area contributed by atoms with Crippen molar-refractivity contribution in [2.75, 3.05) is 19.7 Å². The van der Waals surface area contributed by atoms with Gasteiger partial charge in [-0.3, -0.25) is 4.90 Å². The fourth-order valence-electron chi connectivity index (χ4n) is 3.75. The summed E-state index contributed by atoms with van der Waals surface area (Å²) in [6, 6.07) is 21.5. The maximum absolute atomic E-state index is 10.6. The number of ether oxygens (including phenoxy) is 1. The molecule has 1 N–H and O–H groups in total. The zero-order valence-corrected chi connectivity index (χ0v) is 18.5. The summed E-state index contributed by atoms with van der Waals surface area (Å²) >= 11 is 6.17. The smallest absolute Gasteiger partial charge is 0.145 e. The average molecular weight is 455 g/mol. The van der Waals surface area contributed by atoms with Crippen LogP contribution in [-0.4, -0.2) is 47.6 Å². The summed E-state index contributed by atoms with van der Waals surface area (Å²) in [7, 11) is 0. The molecule has 0 radical (unpaired) electrons. The van der Waals surface area contributed by atoms with Gasteiger partial charge in [-0.2, -0.15) is 0 Å². The molecule has 2 aromatic carbocycles. The molecular formula is C25H27ClN2O4. The van der Waals surface area contributed by atoms with Gasteiger partial charge in [0, 0.05) is 31.1 Å². The van der Waals surface area contributed by atoms with Crippen LogP contribution in [0.25, 0.3) is 0 Å². The molecule has 0 aliphatic carbocycles. The summed E-state index contributed by atoms with van der Waals surface area (Å²) in [6.45, 7) is 2.24. The van der Waals surface area contributed by atoms with E-state index in [2.05, 4.69) is 10.1 Å². The second kappa shape index (κ2) is 11.3. The van der Waals surface area contributed by atoms with E-state index in [-0.39, 0.29) is 12.7 Å². The summed E-state index contributed by atoms with van der Waals surface area (Å²) in [5.41, 5.74) is 3.09. The van der Waals surface area contributed by atoms with Crippen molar-refractivity contribution < 1.29 is 19.1 Å². The molecule has 2 atom stereocenters. The Kier molecular flexibility index (Phi) is 7.96. The van der Waals surface area contributed by atoms with Crippen LogP contribution in [0.4, 0.5) is 0 Å². The Balaban J connectivity index is 1.34. The number of benzene rings is 2. The molecule has 0 amide bonds. The second-order valence-corrected chi connectivity index (χ2v) is 8.34. The fraction of sp³-hybridized carbons (Fsp3) is 0.320. The third-order valence-corrected chi connectivity index (χ3v) is 5.44. The lowest BCUT2D eigenvalue weighted by atomic mass is 10.0. The van der Waals surface area contributed by atoms with Gasteiger partial charge in [-0.15, -0.1) is 0 Å². The largest absolute Gasteiger partial charge is 0.467 e. The van der Waals surface area contributed by atoms with E-state index in [1.807, 2.05) is 66.7 Å². The summed E-state index contributed by atoms with van der Waals surface area (Å²) in [6.07, 6.45) is 1.59. The topological polar surface area (TPSA) is 67.4 Å². The van der Waals surface area contributed by atoms with Crippen LogP contribution < -0.4 is 0 Å². The number of hydrogen-bond donors (Lipinski definition) is 1. The highest BCUT2D eigenvalue weighted by atomic mass is 35.5. The van der Waals surface area contributed by atoms with Crippen LogP contribution in [0.2, 0.25) is 5.02 Å². The molecule has 0 bridgehead atoms. The molecule has 32 heavy (non-hydrogen) atoms. The van der Waals surface area contributed by atoms with Gasteiger partial charge in [0.05, 0.1) is 24.7 Å². The summed E-state index contributed by atoms with van der Waals surface area (Å²) in [5.74, 6) is 0.734. The van der Waals surface area contributed by atoms with E-state index in [9.17, 15) is 5.11 Å². The van der Waals surface area contributed by atoms with Gasteiger partial charge in [-0.25, -0.2) is 0 Å². The number of aliphatic hydroxyl groups excluding tert-OH is 1. The first-order chi connectivity index (χ1) is 15.7. The van der Waals surface area contributed by atoms with Gasteiger partial charge in [-0.05, 0) is 35.4 Å². The Labute approximate surface area is 193 Å². The number of rotatable bonds is 11. The van der Waals surface area contributed by atoms with Crippen LogP contribution >= 0.6 is 11.6 Å². The van der Waals surface area contributed by atoms with E-state index in [1.54, 1.807) is 6.26 Å². The highest BCUT2D eigenvalue weighted by Gasteiger charge is 2.25. The lowest BCUT2D eigenvalue weighted by molar-refractivity contribution is -0.00955. The molecule has 168 valence electrons. The van der Waals surface area contributed by atoms with Gasteiger partial charge in [-0.1, -0.05) is 59.2 Å². The maximum Gasteiger partial charge on any atom is 0.145 e. The molecule has 0 unspecified atom stereocenters. The Bertz CT molecular complexity index is 994. The van der Waals surface area contributed by atoms with Crippen LogP contribution in [0.5, 0.6) is 0 Å².